The highest BCUT2D eigenvalue weighted by Crippen LogP contribution is 2.33. The number of aryl methyl sites for hydroxylation is 3. The highest BCUT2D eigenvalue weighted by Gasteiger charge is 2.20. The number of benzene rings is 1. The van der Waals surface area contributed by atoms with Gasteiger partial charge in [0, 0.05) is 23.9 Å². The third-order valence-corrected chi connectivity index (χ3v) is 6.97. The Morgan fingerprint density at radius 1 is 1.09 bits per heavy atom. The average Bonchev–Trinajstić information content (AvgIpc) is 3.23. The van der Waals surface area contributed by atoms with E-state index in [0.29, 0.717) is 18.2 Å². The molecule has 1 aromatic carbocycles. The van der Waals surface area contributed by atoms with E-state index in [-0.39, 0.29) is 24.4 Å². The van der Waals surface area contributed by atoms with Crippen molar-refractivity contribution < 1.29 is 9.53 Å². The van der Waals surface area contributed by atoms with Crippen LogP contribution < -0.4 is 15.6 Å². The van der Waals surface area contributed by atoms with Crippen molar-refractivity contribution in [1.29, 1.82) is 0 Å². The van der Waals surface area contributed by atoms with Gasteiger partial charge in [-0.25, -0.2) is 9.97 Å². The lowest BCUT2D eigenvalue weighted by Gasteiger charge is -2.10. The number of fused-ring (bicyclic) bond motifs is 3. The minimum atomic E-state index is -0.186. The summed E-state index contributed by atoms with van der Waals surface area (Å²) in [4.78, 5) is 36.3. The fourth-order valence-electron chi connectivity index (χ4n) is 4.06. The first-order chi connectivity index (χ1) is 16.2. The van der Waals surface area contributed by atoms with Gasteiger partial charge in [0.25, 0.3) is 5.56 Å². The van der Waals surface area contributed by atoms with Crippen molar-refractivity contribution in [1.82, 2.24) is 14.5 Å². The number of nitrogens with zero attached hydrogens (tertiary/aromatic N) is 3. The summed E-state index contributed by atoms with van der Waals surface area (Å²) in [5.74, 6) is 0.302. The highest BCUT2D eigenvalue weighted by atomic mass is 32.1. The molecular formula is C25H24N4O3S. The number of carbonyl (C=O) groups is 1. The Balaban J connectivity index is 1.18. The molecule has 168 valence electrons. The fraction of sp³-hybridized carbons (Fsp3) is 0.280. The molecular weight excluding hydrogens is 436 g/mol. The van der Waals surface area contributed by atoms with Gasteiger partial charge in [0.15, 0.2) is 0 Å². The van der Waals surface area contributed by atoms with Crippen molar-refractivity contribution in [2.24, 2.45) is 0 Å². The van der Waals surface area contributed by atoms with Gasteiger partial charge in [-0.15, -0.1) is 11.3 Å². The van der Waals surface area contributed by atoms with Crippen LogP contribution in [0.2, 0.25) is 0 Å². The fourth-order valence-corrected chi connectivity index (χ4v) is 5.28. The quantitative estimate of drug-likeness (QED) is 0.443. The van der Waals surface area contributed by atoms with Crippen LogP contribution in [0.4, 0.5) is 5.69 Å². The SMILES string of the molecule is O=C(CCn1cnc2sc3c(c2c1=O)CCCC3)Nc1ccc(OCc2ccccc2)nc1. The van der Waals surface area contributed by atoms with E-state index in [1.54, 1.807) is 40.6 Å². The Hall–Kier alpha value is -3.52. The predicted molar refractivity (Wildman–Crippen MR) is 129 cm³/mol. The zero-order valence-electron chi connectivity index (χ0n) is 18.1. The maximum absolute atomic E-state index is 13.0. The lowest BCUT2D eigenvalue weighted by Crippen LogP contribution is -2.24. The van der Waals surface area contributed by atoms with Gasteiger partial charge in [-0.3, -0.25) is 14.2 Å². The molecule has 0 unspecified atom stereocenters. The smallest absolute Gasteiger partial charge is 0.262 e. The highest BCUT2D eigenvalue weighted by molar-refractivity contribution is 7.18. The van der Waals surface area contributed by atoms with Gasteiger partial charge in [0.2, 0.25) is 11.8 Å². The van der Waals surface area contributed by atoms with Gasteiger partial charge >= 0.3 is 0 Å². The first kappa shape index (κ1) is 21.3. The first-order valence-corrected chi connectivity index (χ1v) is 11.9. The van der Waals surface area contributed by atoms with Crippen LogP contribution in [-0.4, -0.2) is 20.4 Å². The first-order valence-electron chi connectivity index (χ1n) is 11.1. The Morgan fingerprint density at radius 2 is 1.94 bits per heavy atom. The van der Waals surface area contributed by atoms with Gasteiger partial charge in [-0.05, 0) is 42.9 Å². The van der Waals surface area contributed by atoms with Crippen LogP contribution in [0.3, 0.4) is 0 Å². The van der Waals surface area contributed by atoms with Crippen molar-refractivity contribution in [3.63, 3.8) is 0 Å². The second kappa shape index (κ2) is 9.54. The molecule has 33 heavy (non-hydrogen) atoms. The summed E-state index contributed by atoms with van der Waals surface area (Å²) in [7, 11) is 0. The summed E-state index contributed by atoms with van der Waals surface area (Å²) in [6.45, 7) is 0.712. The van der Waals surface area contributed by atoms with Crippen LogP contribution in [0, 0.1) is 0 Å². The number of hydrogen-bond donors (Lipinski definition) is 1. The average molecular weight is 461 g/mol. The van der Waals surface area contributed by atoms with Gasteiger partial charge in [0.05, 0.1) is 23.6 Å². The summed E-state index contributed by atoms with van der Waals surface area (Å²) in [5, 5.41) is 3.57. The second-order valence-electron chi connectivity index (χ2n) is 8.09. The van der Waals surface area contributed by atoms with Crippen LogP contribution in [0.5, 0.6) is 5.88 Å². The molecule has 0 saturated heterocycles. The third-order valence-electron chi connectivity index (χ3n) is 5.77. The number of anilines is 1. The molecule has 5 rings (SSSR count). The Bertz CT molecular complexity index is 1330. The Kier molecular flexibility index (Phi) is 6.17. The van der Waals surface area contributed by atoms with Gasteiger partial charge < -0.3 is 10.1 Å². The maximum Gasteiger partial charge on any atom is 0.262 e. The van der Waals surface area contributed by atoms with E-state index < -0.39 is 0 Å². The maximum atomic E-state index is 13.0. The predicted octanol–water partition coefficient (Wildman–Crippen LogP) is 4.34. The molecule has 3 aromatic heterocycles. The van der Waals surface area contributed by atoms with Gasteiger partial charge in [-0.2, -0.15) is 0 Å². The van der Waals surface area contributed by atoms with Crippen LogP contribution in [-0.2, 0) is 30.8 Å². The van der Waals surface area contributed by atoms with Crippen LogP contribution in [0.25, 0.3) is 10.2 Å². The molecule has 0 fully saturated rings. The molecule has 0 saturated carbocycles. The summed E-state index contributed by atoms with van der Waals surface area (Å²) >= 11 is 1.63. The lowest BCUT2D eigenvalue weighted by atomic mass is 9.97. The Morgan fingerprint density at radius 3 is 2.76 bits per heavy atom. The summed E-state index contributed by atoms with van der Waals surface area (Å²) in [6, 6.07) is 13.3. The minimum Gasteiger partial charge on any atom is -0.473 e. The molecule has 3 heterocycles. The van der Waals surface area contributed by atoms with Crippen molar-refractivity contribution in [2.45, 2.75) is 45.3 Å². The number of hydrogen-bond acceptors (Lipinski definition) is 6. The van der Waals surface area contributed by atoms with Gasteiger partial charge in [-0.1, -0.05) is 30.3 Å². The van der Waals surface area contributed by atoms with Crippen LogP contribution in [0.1, 0.15) is 35.3 Å². The van der Waals surface area contributed by atoms with Crippen LogP contribution in [0.15, 0.2) is 59.8 Å². The Labute approximate surface area is 195 Å². The number of amides is 1. The number of nitrogens with one attached hydrogen (secondary N) is 1. The number of carbonyl (C=O) groups excluding carboxylic acids is 1. The van der Waals surface area contributed by atoms with E-state index in [4.69, 9.17) is 4.74 Å². The molecule has 0 aliphatic heterocycles. The molecule has 1 aliphatic carbocycles. The monoisotopic (exact) mass is 460 g/mol. The molecule has 1 N–H and O–H groups in total. The standard InChI is InChI=1S/C25H24N4O3S/c30-21(28-18-10-11-22(26-14-18)32-15-17-6-2-1-3-7-17)12-13-29-16-27-24-23(25(29)31)19-8-4-5-9-20(19)33-24/h1-3,6-7,10-11,14,16H,4-5,8-9,12-13,15H2,(H,28,30). The zero-order valence-corrected chi connectivity index (χ0v) is 18.9. The van der Waals surface area contributed by atoms with E-state index in [2.05, 4.69) is 15.3 Å². The van der Waals surface area contributed by atoms with Crippen molar-refractivity contribution in [2.75, 3.05) is 5.32 Å². The van der Waals surface area contributed by atoms with E-state index >= 15 is 0 Å². The molecule has 1 aliphatic rings. The summed E-state index contributed by atoms with van der Waals surface area (Å²) in [6.07, 6.45) is 7.54. The summed E-state index contributed by atoms with van der Waals surface area (Å²) in [5.41, 5.74) is 2.76. The topological polar surface area (TPSA) is 86.1 Å². The number of aromatic nitrogens is 3. The molecule has 0 spiro atoms. The van der Waals surface area contributed by atoms with Crippen molar-refractivity contribution in [3.05, 3.63) is 81.3 Å². The molecule has 1 amide bonds. The lowest BCUT2D eigenvalue weighted by molar-refractivity contribution is -0.116. The molecule has 4 aromatic rings. The molecule has 7 nitrogen and oxygen atoms in total. The van der Waals surface area contributed by atoms with Crippen molar-refractivity contribution in [3.8, 4) is 5.88 Å². The van der Waals surface area contributed by atoms with E-state index in [9.17, 15) is 9.59 Å². The van der Waals surface area contributed by atoms with Gasteiger partial charge in [0.1, 0.15) is 11.4 Å². The van der Waals surface area contributed by atoms with E-state index in [0.717, 1.165) is 40.6 Å². The van der Waals surface area contributed by atoms with E-state index in [1.165, 1.54) is 11.3 Å². The number of pyridine rings is 1. The number of ether oxygens (including phenoxy) is 1. The molecule has 0 radical (unpaired) electrons. The summed E-state index contributed by atoms with van der Waals surface area (Å²) < 4.78 is 7.21. The van der Waals surface area contributed by atoms with Crippen molar-refractivity contribution >= 4 is 33.1 Å². The van der Waals surface area contributed by atoms with E-state index in [1.807, 2.05) is 30.3 Å². The molecule has 0 atom stereocenters. The second-order valence-corrected chi connectivity index (χ2v) is 9.18. The largest absolute Gasteiger partial charge is 0.473 e. The zero-order chi connectivity index (χ0) is 22.6. The number of thiophene rings is 1. The minimum absolute atomic E-state index is 0.0474. The molecule has 8 heteroatoms. The number of rotatable bonds is 7. The molecule has 0 bridgehead atoms. The third kappa shape index (κ3) is 4.80. The normalized spacial score (nSPS) is 13.0. The van der Waals surface area contributed by atoms with Crippen LogP contribution >= 0.6 is 11.3 Å².